The molecule has 144 valence electrons. The summed E-state index contributed by atoms with van der Waals surface area (Å²) < 4.78 is 28.2. The third kappa shape index (κ3) is 3.80. The van der Waals surface area contributed by atoms with Crippen molar-refractivity contribution in [2.24, 2.45) is 0 Å². The number of carbonyl (C=O) groups is 1. The summed E-state index contributed by atoms with van der Waals surface area (Å²) in [5.41, 5.74) is 1.10. The van der Waals surface area contributed by atoms with Crippen LogP contribution in [0.4, 0.5) is 16.2 Å². The van der Waals surface area contributed by atoms with Crippen LogP contribution in [0.25, 0.3) is 10.8 Å². The number of benzene rings is 3. The first kappa shape index (κ1) is 18.3. The molecule has 7 heteroatoms. The lowest BCUT2D eigenvalue weighted by Gasteiger charge is -2.16. The normalized spacial score (nSPS) is 14.2. The molecule has 1 aliphatic rings. The maximum absolute atomic E-state index is 12.8. The van der Waals surface area contributed by atoms with Gasteiger partial charge in [0.25, 0.3) is 10.0 Å². The lowest BCUT2D eigenvalue weighted by atomic mass is 10.1. The van der Waals surface area contributed by atoms with E-state index in [4.69, 9.17) is 0 Å². The molecular weight excluding hydrogens is 374 g/mol. The fourth-order valence-corrected chi connectivity index (χ4v) is 4.44. The van der Waals surface area contributed by atoms with Crippen molar-refractivity contribution >= 4 is 38.2 Å². The highest BCUT2D eigenvalue weighted by Gasteiger charge is 2.19. The Hall–Kier alpha value is -3.06. The molecule has 1 heterocycles. The molecule has 3 aromatic carbocycles. The lowest BCUT2D eigenvalue weighted by molar-refractivity contribution is 0.222. The van der Waals surface area contributed by atoms with Crippen molar-refractivity contribution in [2.75, 3.05) is 23.1 Å². The zero-order valence-electron chi connectivity index (χ0n) is 15.3. The van der Waals surface area contributed by atoms with Crippen molar-refractivity contribution in [3.8, 4) is 0 Å². The Bertz CT molecular complexity index is 1100. The molecule has 2 amide bonds. The van der Waals surface area contributed by atoms with Crippen LogP contribution in [0.1, 0.15) is 12.8 Å². The van der Waals surface area contributed by atoms with Crippen LogP contribution >= 0.6 is 0 Å². The molecule has 28 heavy (non-hydrogen) atoms. The molecule has 1 aliphatic heterocycles. The number of likely N-dealkylation sites (tertiary alicyclic amines) is 1. The minimum Gasteiger partial charge on any atom is -0.325 e. The van der Waals surface area contributed by atoms with Gasteiger partial charge in [-0.05, 0) is 48.6 Å². The van der Waals surface area contributed by atoms with Gasteiger partial charge in [0.1, 0.15) is 0 Å². The van der Waals surface area contributed by atoms with Gasteiger partial charge in [0, 0.05) is 24.2 Å². The van der Waals surface area contributed by atoms with E-state index in [0.717, 1.165) is 36.7 Å². The summed E-state index contributed by atoms with van der Waals surface area (Å²) in [7, 11) is -3.74. The molecular formula is C21H21N3O3S. The number of nitrogens with one attached hydrogen (secondary N) is 2. The number of hydrogen-bond acceptors (Lipinski definition) is 3. The molecule has 0 aliphatic carbocycles. The Labute approximate surface area is 164 Å². The predicted molar refractivity (Wildman–Crippen MR) is 111 cm³/mol. The quantitative estimate of drug-likeness (QED) is 0.692. The number of sulfonamides is 1. The van der Waals surface area contributed by atoms with Gasteiger partial charge in [-0.1, -0.05) is 36.4 Å². The van der Waals surface area contributed by atoms with Crippen LogP contribution in [0.15, 0.2) is 71.6 Å². The Morgan fingerprint density at radius 1 is 0.857 bits per heavy atom. The van der Waals surface area contributed by atoms with E-state index in [1.807, 2.05) is 36.4 Å². The highest BCUT2D eigenvalue weighted by atomic mass is 32.2. The second kappa shape index (κ2) is 7.52. The Morgan fingerprint density at radius 3 is 2.29 bits per heavy atom. The molecule has 2 N–H and O–H groups in total. The molecule has 0 atom stereocenters. The minimum absolute atomic E-state index is 0.139. The van der Waals surface area contributed by atoms with E-state index < -0.39 is 10.0 Å². The van der Waals surface area contributed by atoms with Crippen LogP contribution in [-0.2, 0) is 10.0 Å². The van der Waals surface area contributed by atoms with Crippen LogP contribution < -0.4 is 10.0 Å². The monoisotopic (exact) mass is 395 g/mol. The number of hydrogen-bond donors (Lipinski definition) is 2. The van der Waals surface area contributed by atoms with Crippen molar-refractivity contribution in [1.82, 2.24) is 4.90 Å². The molecule has 3 aromatic rings. The van der Waals surface area contributed by atoms with Gasteiger partial charge in [-0.15, -0.1) is 0 Å². The van der Waals surface area contributed by atoms with Crippen LogP contribution in [0, 0.1) is 0 Å². The van der Waals surface area contributed by atoms with Gasteiger partial charge in [-0.25, -0.2) is 13.2 Å². The van der Waals surface area contributed by atoms with Crippen molar-refractivity contribution in [2.45, 2.75) is 17.7 Å². The topological polar surface area (TPSA) is 78.5 Å². The Kier molecular flexibility index (Phi) is 4.92. The van der Waals surface area contributed by atoms with Crippen molar-refractivity contribution in [3.05, 3.63) is 66.7 Å². The number of carbonyl (C=O) groups excluding carboxylic acids is 1. The first-order chi connectivity index (χ1) is 13.5. The largest absolute Gasteiger partial charge is 0.325 e. The van der Waals surface area contributed by atoms with E-state index in [1.165, 1.54) is 12.1 Å². The third-order valence-corrected chi connectivity index (χ3v) is 6.22. The lowest BCUT2D eigenvalue weighted by Crippen LogP contribution is -2.32. The van der Waals surface area contributed by atoms with Gasteiger partial charge in [-0.3, -0.25) is 4.72 Å². The van der Waals surface area contributed by atoms with Gasteiger partial charge < -0.3 is 10.2 Å². The second-order valence-electron chi connectivity index (χ2n) is 6.78. The SMILES string of the molecule is O=C(Nc1ccc(S(=O)(=O)Nc2cccc3ccccc23)cc1)N1CCCC1. The molecule has 1 saturated heterocycles. The Morgan fingerprint density at radius 2 is 1.54 bits per heavy atom. The van der Waals surface area contributed by atoms with Crippen LogP contribution in [0.3, 0.4) is 0 Å². The molecule has 0 aromatic heterocycles. The van der Waals surface area contributed by atoms with E-state index >= 15 is 0 Å². The first-order valence-electron chi connectivity index (χ1n) is 9.19. The minimum atomic E-state index is -3.74. The molecule has 0 spiro atoms. The second-order valence-corrected chi connectivity index (χ2v) is 8.46. The fraction of sp³-hybridized carbons (Fsp3) is 0.190. The van der Waals surface area contributed by atoms with Crippen LogP contribution in [0.2, 0.25) is 0 Å². The molecule has 0 radical (unpaired) electrons. The standard InChI is InChI=1S/C21H21N3O3S/c25-21(24-14-3-4-15-24)22-17-10-12-18(13-11-17)28(26,27)23-20-9-5-7-16-6-1-2-8-19(16)20/h1-2,5-13,23H,3-4,14-15H2,(H,22,25). The highest BCUT2D eigenvalue weighted by Crippen LogP contribution is 2.26. The first-order valence-corrected chi connectivity index (χ1v) is 10.7. The van der Waals surface area contributed by atoms with Gasteiger partial charge in [0.2, 0.25) is 0 Å². The number of anilines is 2. The van der Waals surface area contributed by atoms with Crippen LogP contribution in [0.5, 0.6) is 0 Å². The third-order valence-electron chi connectivity index (χ3n) is 4.84. The molecule has 1 fully saturated rings. The number of nitrogens with zero attached hydrogens (tertiary/aromatic N) is 1. The zero-order valence-corrected chi connectivity index (χ0v) is 16.1. The summed E-state index contributed by atoms with van der Waals surface area (Å²) in [6.45, 7) is 1.51. The van der Waals surface area contributed by atoms with E-state index in [0.29, 0.717) is 11.4 Å². The summed E-state index contributed by atoms with van der Waals surface area (Å²) in [5, 5.41) is 4.61. The summed E-state index contributed by atoms with van der Waals surface area (Å²) >= 11 is 0. The zero-order chi connectivity index (χ0) is 19.6. The van der Waals surface area contributed by atoms with Gasteiger partial charge in [0.05, 0.1) is 10.6 Å². The number of rotatable bonds is 4. The van der Waals surface area contributed by atoms with Crippen molar-refractivity contribution in [3.63, 3.8) is 0 Å². The smallest absolute Gasteiger partial charge is 0.321 e. The predicted octanol–water partition coefficient (Wildman–Crippen LogP) is 4.27. The highest BCUT2D eigenvalue weighted by molar-refractivity contribution is 7.92. The van der Waals surface area contributed by atoms with Gasteiger partial charge in [-0.2, -0.15) is 0 Å². The molecule has 0 bridgehead atoms. The molecule has 4 rings (SSSR count). The summed E-state index contributed by atoms with van der Waals surface area (Å²) in [4.78, 5) is 14.0. The number of amides is 2. The molecule has 0 unspecified atom stereocenters. The van der Waals surface area contributed by atoms with Crippen molar-refractivity contribution in [1.29, 1.82) is 0 Å². The van der Waals surface area contributed by atoms with Gasteiger partial charge >= 0.3 is 6.03 Å². The molecule has 6 nitrogen and oxygen atoms in total. The number of urea groups is 1. The summed E-state index contributed by atoms with van der Waals surface area (Å²) in [6.07, 6.45) is 2.04. The van der Waals surface area contributed by atoms with E-state index in [2.05, 4.69) is 10.0 Å². The van der Waals surface area contributed by atoms with E-state index in [-0.39, 0.29) is 10.9 Å². The van der Waals surface area contributed by atoms with E-state index in [1.54, 1.807) is 23.1 Å². The summed E-state index contributed by atoms with van der Waals surface area (Å²) in [6, 6.07) is 19.1. The van der Waals surface area contributed by atoms with Crippen LogP contribution in [-0.4, -0.2) is 32.4 Å². The maximum Gasteiger partial charge on any atom is 0.321 e. The average molecular weight is 395 g/mol. The number of fused-ring (bicyclic) bond motifs is 1. The van der Waals surface area contributed by atoms with Crippen molar-refractivity contribution < 1.29 is 13.2 Å². The van der Waals surface area contributed by atoms with Gasteiger partial charge in [0.15, 0.2) is 0 Å². The maximum atomic E-state index is 12.8. The fourth-order valence-electron chi connectivity index (χ4n) is 3.36. The van der Waals surface area contributed by atoms with E-state index in [9.17, 15) is 13.2 Å². The Balaban J connectivity index is 1.52. The average Bonchev–Trinajstić information content (AvgIpc) is 3.24. The summed E-state index contributed by atoms with van der Waals surface area (Å²) in [5.74, 6) is 0. The molecule has 0 saturated carbocycles.